The third-order valence-corrected chi connectivity index (χ3v) is 5.50. The number of hydrogen-bond acceptors (Lipinski definition) is 4. The number of likely N-dealkylation sites (tertiary alicyclic amines) is 1. The van der Waals surface area contributed by atoms with Crippen molar-refractivity contribution in [2.75, 3.05) is 26.2 Å². The summed E-state index contributed by atoms with van der Waals surface area (Å²) in [4.78, 5) is 14.7. The Kier molecular flexibility index (Phi) is 6.55. The third-order valence-electron chi connectivity index (χ3n) is 5.50. The molecule has 1 aromatic carbocycles. The van der Waals surface area contributed by atoms with Crippen molar-refractivity contribution in [2.24, 2.45) is 5.73 Å². The predicted octanol–water partition coefficient (Wildman–Crippen LogP) is 3.76. The fourth-order valence-electron chi connectivity index (χ4n) is 3.88. The van der Waals surface area contributed by atoms with Gasteiger partial charge in [0.1, 0.15) is 5.58 Å². The van der Waals surface area contributed by atoms with Gasteiger partial charge in [-0.1, -0.05) is 13.8 Å². The molecule has 0 bridgehead atoms. The molecule has 148 valence electrons. The largest absolute Gasteiger partial charge is 0.464 e. The number of aryl methyl sites for hydroxylation is 1. The van der Waals surface area contributed by atoms with Crippen LogP contribution in [0.1, 0.15) is 55.7 Å². The molecule has 1 saturated heterocycles. The Labute approximate surface area is 161 Å². The van der Waals surface area contributed by atoms with E-state index < -0.39 is 0 Å². The van der Waals surface area contributed by atoms with E-state index in [9.17, 15) is 4.79 Å². The molecule has 0 aliphatic carbocycles. The number of benzene rings is 1. The summed E-state index contributed by atoms with van der Waals surface area (Å²) >= 11 is 0. The van der Waals surface area contributed by atoms with E-state index in [2.05, 4.69) is 32.9 Å². The highest BCUT2D eigenvalue weighted by Gasteiger charge is 2.24. The summed E-state index contributed by atoms with van der Waals surface area (Å²) in [5.41, 5.74) is 9.91. The molecule has 3 rings (SSSR count). The highest BCUT2D eigenvalue weighted by molar-refractivity contribution is 5.88. The summed E-state index contributed by atoms with van der Waals surface area (Å²) in [7, 11) is 0. The van der Waals surface area contributed by atoms with Gasteiger partial charge in [-0.25, -0.2) is 0 Å². The highest BCUT2D eigenvalue weighted by Crippen LogP contribution is 2.29. The second-order valence-corrected chi connectivity index (χ2v) is 7.89. The minimum Gasteiger partial charge on any atom is -0.464 e. The van der Waals surface area contributed by atoms with E-state index in [1.165, 1.54) is 11.1 Å². The predicted molar refractivity (Wildman–Crippen MR) is 108 cm³/mol. The normalized spacial score (nSPS) is 15.8. The number of hydrogen-bond donors (Lipinski definition) is 1. The highest BCUT2D eigenvalue weighted by atomic mass is 16.5. The van der Waals surface area contributed by atoms with Crippen LogP contribution in [0.5, 0.6) is 0 Å². The summed E-state index contributed by atoms with van der Waals surface area (Å²) in [6.45, 7) is 9.40. The first-order chi connectivity index (χ1) is 13.0. The van der Waals surface area contributed by atoms with Gasteiger partial charge in [-0.05, 0) is 61.9 Å². The van der Waals surface area contributed by atoms with Crippen LogP contribution in [0.2, 0.25) is 0 Å². The number of piperidine rings is 1. The number of rotatable bonds is 7. The van der Waals surface area contributed by atoms with Gasteiger partial charge < -0.3 is 19.8 Å². The fourth-order valence-corrected chi connectivity index (χ4v) is 3.88. The number of nitrogens with zero attached hydrogens (tertiary/aromatic N) is 1. The summed E-state index contributed by atoms with van der Waals surface area (Å²) in [5.74, 6) is 0.621. The number of furan rings is 1. The van der Waals surface area contributed by atoms with Crippen LogP contribution < -0.4 is 5.73 Å². The number of amides is 1. The van der Waals surface area contributed by atoms with Crippen molar-refractivity contribution in [1.82, 2.24) is 4.90 Å². The Balaban J connectivity index is 1.62. The molecule has 2 N–H and O–H groups in total. The Hall–Kier alpha value is -1.85. The number of fused-ring (bicyclic) bond motifs is 1. The topological polar surface area (TPSA) is 68.7 Å². The van der Waals surface area contributed by atoms with Crippen molar-refractivity contribution in [1.29, 1.82) is 0 Å². The van der Waals surface area contributed by atoms with Gasteiger partial charge in [-0.15, -0.1) is 0 Å². The van der Waals surface area contributed by atoms with E-state index in [-0.39, 0.29) is 12.0 Å². The van der Waals surface area contributed by atoms with Gasteiger partial charge in [0.25, 0.3) is 0 Å². The van der Waals surface area contributed by atoms with E-state index in [1.54, 1.807) is 6.26 Å². The molecule has 27 heavy (non-hydrogen) atoms. The fraction of sp³-hybridized carbons (Fsp3) is 0.591. The average Bonchev–Trinajstić information content (AvgIpc) is 3.03. The van der Waals surface area contributed by atoms with Gasteiger partial charge >= 0.3 is 0 Å². The minimum atomic E-state index is 0.171. The second-order valence-electron chi connectivity index (χ2n) is 7.89. The van der Waals surface area contributed by atoms with Crippen LogP contribution in [0.3, 0.4) is 0 Å². The van der Waals surface area contributed by atoms with E-state index in [1.807, 2.05) is 4.90 Å². The van der Waals surface area contributed by atoms with Crippen molar-refractivity contribution in [3.63, 3.8) is 0 Å². The molecule has 1 aliphatic rings. The number of nitrogens with two attached hydrogens (primary N) is 1. The average molecular weight is 373 g/mol. The SMILES string of the molecule is Cc1cc2occ(CC(=O)N3CCC(OCCCN)CC3)c2cc1C(C)C. The Morgan fingerprint density at radius 1 is 1.33 bits per heavy atom. The van der Waals surface area contributed by atoms with Crippen LogP contribution in [0.15, 0.2) is 22.8 Å². The van der Waals surface area contributed by atoms with Crippen LogP contribution in [0.25, 0.3) is 11.0 Å². The Morgan fingerprint density at radius 2 is 2.07 bits per heavy atom. The molecule has 0 radical (unpaired) electrons. The zero-order valence-electron chi connectivity index (χ0n) is 16.8. The first-order valence-corrected chi connectivity index (χ1v) is 10.1. The maximum absolute atomic E-state index is 12.8. The lowest BCUT2D eigenvalue weighted by atomic mass is 9.95. The van der Waals surface area contributed by atoms with Crippen LogP contribution in [0.4, 0.5) is 0 Å². The van der Waals surface area contributed by atoms with E-state index >= 15 is 0 Å². The monoisotopic (exact) mass is 372 g/mol. The smallest absolute Gasteiger partial charge is 0.227 e. The molecule has 0 spiro atoms. The first kappa shape index (κ1) is 19.9. The molecule has 5 heteroatoms. The van der Waals surface area contributed by atoms with Crippen LogP contribution in [0, 0.1) is 6.92 Å². The molecule has 0 atom stereocenters. The molecule has 0 unspecified atom stereocenters. The summed E-state index contributed by atoms with van der Waals surface area (Å²) in [6, 6.07) is 4.28. The van der Waals surface area contributed by atoms with E-state index in [4.69, 9.17) is 14.9 Å². The first-order valence-electron chi connectivity index (χ1n) is 10.1. The molecular formula is C22H32N2O3. The quantitative estimate of drug-likeness (QED) is 0.751. The van der Waals surface area contributed by atoms with Gasteiger partial charge in [-0.3, -0.25) is 4.79 Å². The van der Waals surface area contributed by atoms with Gasteiger partial charge in [0.2, 0.25) is 5.91 Å². The molecule has 1 aromatic heterocycles. The lowest BCUT2D eigenvalue weighted by molar-refractivity contribution is -0.133. The number of carbonyl (C=O) groups excluding carboxylic acids is 1. The van der Waals surface area contributed by atoms with Crippen LogP contribution in [-0.4, -0.2) is 43.2 Å². The van der Waals surface area contributed by atoms with E-state index in [0.717, 1.165) is 48.9 Å². The second kappa shape index (κ2) is 8.89. The summed E-state index contributed by atoms with van der Waals surface area (Å²) in [5, 5.41) is 1.07. The van der Waals surface area contributed by atoms with Crippen molar-refractivity contribution in [3.05, 3.63) is 35.1 Å². The molecule has 1 amide bonds. The molecule has 2 aromatic rings. The number of ether oxygens (including phenoxy) is 1. The molecule has 1 fully saturated rings. The Morgan fingerprint density at radius 3 is 2.74 bits per heavy atom. The number of carbonyl (C=O) groups is 1. The van der Waals surface area contributed by atoms with Gasteiger partial charge in [0, 0.05) is 30.6 Å². The van der Waals surface area contributed by atoms with E-state index in [0.29, 0.717) is 25.5 Å². The zero-order valence-corrected chi connectivity index (χ0v) is 16.8. The van der Waals surface area contributed by atoms with Crippen molar-refractivity contribution in [2.45, 2.75) is 58.5 Å². The molecular weight excluding hydrogens is 340 g/mol. The van der Waals surface area contributed by atoms with Crippen molar-refractivity contribution in [3.8, 4) is 0 Å². The molecule has 5 nitrogen and oxygen atoms in total. The van der Waals surface area contributed by atoms with Crippen molar-refractivity contribution >= 4 is 16.9 Å². The van der Waals surface area contributed by atoms with Gasteiger partial charge in [0.05, 0.1) is 18.8 Å². The molecule has 0 saturated carbocycles. The maximum Gasteiger partial charge on any atom is 0.227 e. The molecule has 2 heterocycles. The zero-order chi connectivity index (χ0) is 19.4. The Bertz CT molecular complexity index is 773. The third kappa shape index (κ3) is 4.71. The lowest BCUT2D eigenvalue weighted by Gasteiger charge is -2.32. The molecule has 1 aliphatic heterocycles. The van der Waals surface area contributed by atoms with Crippen LogP contribution >= 0.6 is 0 Å². The summed E-state index contributed by atoms with van der Waals surface area (Å²) < 4.78 is 11.6. The lowest BCUT2D eigenvalue weighted by Crippen LogP contribution is -2.41. The van der Waals surface area contributed by atoms with Crippen LogP contribution in [-0.2, 0) is 16.0 Å². The maximum atomic E-state index is 12.8. The summed E-state index contributed by atoms with van der Waals surface area (Å²) in [6.07, 6.45) is 5.09. The van der Waals surface area contributed by atoms with Gasteiger partial charge in [0.15, 0.2) is 0 Å². The standard InChI is InChI=1S/C22H32N2O3/c1-15(2)19-13-20-17(14-27-21(20)11-16(19)3)12-22(25)24-8-5-18(6-9-24)26-10-4-7-23/h11,13-15,18H,4-10,12,23H2,1-3H3. The minimum absolute atomic E-state index is 0.171. The van der Waals surface area contributed by atoms with Gasteiger partial charge in [-0.2, -0.15) is 0 Å². The van der Waals surface area contributed by atoms with Crippen molar-refractivity contribution < 1.29 is 13.9 Å².